The van der Waals surface area contributed by atoms with Gasteiger partial charge in [0.2, 0.25) is 0 Å². The first-order chi connectivity index (χ1) is 12.1. The van der Waals surface area contributed by atoms with Crippen molar-refractivity contribution in [2.45, 2.75) is 11.9 Å². The van der Waals surface area contributed by atoms with E-state index in [4.69, 9.17) is 11.6 Å². The number of nitrogens with one attached hydrogen (secondary N) is 2. The number of benzene rings is 1. The van der Waals surface area contributed by atoms with Gasteiger partial charge in [0.05, 0.1) is 10.7 Å². The number of hydrogen-bond donors (Lipinski definition) is 2. The van der Waals surface area contributed by atoms with E-state index < -0.39 is 0 Å². The minimum atomic E-state index is -0.320. The van der Waals surface area contributed by atoms with Gasteiger partial charge in [0.15, 0.2) is 0 Å². The van der Waals surface area contributed by atoms with Crippen LogP contribution in [0, 0.1) is 12.7 Å². The largest absolute Gasteiger partial charge is 0.373 e. The number of aromatic nitrogens is 2. The summed E-state index contributed by atoms with van der Waals surface area (Å²) in [6, 6.07) is 13.8. The first-order valence-corrected chi connectivity index (χ1v) is 8.77. The van der Waals surface area contributed by atoms with Crippen LogP contribution in [0.2, 0.25) is 5.02 Å². The number of rotatable bonds is 5. The monoisotopic (exact) mass is 374 g/mol. The van der Waals surface area contributed by atoms with Gasteiger partial charge in [0, 0.05) is 24.6 Å². The summed E-state index contributed by atoms with van der Waals surface area (Å²) < 4.78 is 16.7. The standard InChI is InChI=1S/C18H16ClFN4S/c1-11-6-7-12(20)10-13(11)18-14(19)8-9-16(23-18)24-25-17-5-3-4-15(21-2)22-17/h3-10H,1-2H3,(H,21,22)(H,23,24). The molecule has 128 valence electrons. The zero-order valence-corrected chi connectivity index (χ0v) is 15.2. The molecule has 3 aromatic rings. The van der Waals surface area contributed by atoms with Crippen molar-refractivity contribution < 1.29 is 4.39 Å². The van der Waals surface area contributed by atoms with E-state index in [1.165, 1.54) is 24.1 Å². The fourth-order valence-corrected chi connectivity index (χ4v) is 3.07. The second-order valence-electron chi connectivity index (χ2n) is 5.30. The topological polar surface area (TPSA) is 49.8 Å². The molecule has 0 amide bonds. The molecule has 0 aliphatic rings. The lowest BCUT2D eigenvalue weighted by Crippen LogP contribution is -1.97. The van der Waals surface area contributed by atoms with Crippen molar-refractivity contribution in [3.8, 4) is 11.3 Å². The van der Waals surface area contributed by atoms with Gasteiger partial charge < -0.3 is 10.0 Å². The first kappa shape index (κ1) is 17.5. The number of hydrogen-bond acceptors (Lipinski definition) is 5. The molecule has 1 aromatic carbocycles. The second kappa shape index (κ2) is 7.72. The number of nitrogens with zero attached hydrogens (tertiary/aromatic N) is 2. The van der Waals surface area contributed by atoms with Crippen LogP contribution in [0.15, 0.2) is 53.6 Å². The van der Waals surface area contributed by atoms with Crippen LogP contribution < -0.4 is 10.0 Å². The number of aryl methyl sites for hydroxylation is 1. The van der Waals surface area contributed by atoms with E-state index in [2.05, 4.69) is 20.0 Å². The van der Waals surface area contributed by atoms with Gasteiger partial charge in [0.1, 0.15) is 22.5 Å². The normalized spacial score (nSPS) is 10.6. The average Bonchev–Trinajstić information content (AvgIpc) is 2.63. The minimum Gasteiger partial charge on any atom is -0.373 e. The van der Waals surface area contributed by atoms with Crippen LogP contribution >= 0.6 is 23.5 Å². The van der Waals surface area contributed by atoms with Crippen LogP contribution in [0.4, 0.5) is 16.0 Å². The number of halogens is 2. The summed E-state index contributed by atoms with van der Waals surface area (Å²) in [5.74, 6) is 1.08. The predicted octanol–water partition coefficient (Wildman–Crippen LogP) is 5.41. The zero-order chi connectivity index (χ0) is 17.8. The zero-order valence-electron chi connectivity index (χ0n) is 13.7. The van der Waals surface area contributed by atoms with Gasteiger partial charge >= 0.3 is 0 Å². The molecule has 0 saturated carbocycles. The van der Waals surface area contributed by atoms with Crippen molar-refractivity contribution in [1.29, 1.82) is 0 Å². The van der Waals surface area contributed by atoms with Crippen LogP contribution in [0.3, 0.4) is 0 Å². The molecule has 0 aliphatic heterocycles. The second-order valence-corrected chi connectivity index (χ2v) is 6.54. The van der Waals surface area contributed by atoms with E-state index in [1.54, 1.807) is 18.2 Å². The molecule has 0 aliphatic carbocycles. The van der Waals surface area contributed by atoms with Gasteiger partial charge in [-0.2, -0.15) is 0 Å². The molecule has 0 bridgehead atoms. The van der Waals surface area contributed by atoms with Crippen LogP contribution in [0.1, 0.15) is 5.56 Å². The quantitative estimate of drug-likeness (QED) is 0.585. The molecule has 0 atom stereocenters. The molecule has 4 nitrogen and oxygen atoms in total. The molecular formula is C18H16ClFN4S. The van der Waals surface area contributed by atoms with Gasteiger partial charge in [0.25, 0.3) is 0 Å². The molecule has 0 saturated heterocycles. The smallest absolute Gasteiger partial charge is 0.136 e. The number of anilines is 2. The lowest BCUT2D eigenvalue weighted by atomic mass is 10.0. The summed E-state index contributed by atoms with van der Waals surface area (Å²) in [6.07, 6.45) is 0. The Hall–Kier alpha value is -2.31. The summed E-state index contributed by atoms with van der Waals surface area (Å²) in [5, 5.41) is 4.26. The van der Waals surface area contributed by atoms with Crippen LogP contribution in [0.25, 0.3) is 11.3 Å². The van der Waals surface area contributed by atoms with Gasteiger partial charge in [-0.1, -0.05) is 23.7 Å². The van der Waals surface area contributed by atoms with Crippen molar-refractivity contribution in [3.05, 3.63) is 64.9 Å². The molecule has 0 radical (unpaired) electrons. The fraction of sp³-hybridized carbons (Fsp3) is 0.111. The molecule has 3 rings (SSSR count). The molecule has 7 heteroatoms. The van der Waals surface area contributed by atoms with E-state index >= 15 is 0 Å². The molecule has 0 spiro atoms. The van der Waals surface area contributed by atoms with Gasteiger partial charge in [-0.05, 0) is 48.9 Å². The highest BCUT2D eigenvalue weighted by molar-refractivity contribution is 8.00. The number of pyridine rings is 2. The third-order valence-corrected chi connectivity index (χ3v) is 4.59. The summed E-state index contributed by atoms with van der Waals surface area (Å²) in [4.78, 5) is 8.94. The molecule has 2 aromatic heterocycles. The Balaban J connectivity index is 1.85. The van der Waals surface area contributed by atoms with Crippen molar-refractivity contribution in [2.75, 3.05) is 17.1 Å². The highest BCUT2D eigenvalue weighted by Gasteiger charge is 2.11. The fourth-order valence-electron chi connectivity index (χ4n) is 2.25. The van der Waals surface area contributed by atoms with Crippen molar-refractivity contribution in [2.24, 2.45) is 0 Å². The minimum absolute atomic E-state index is 0.320. The Bertz CT molecular complexity index is 904. The summed E-state index contributed by atoms with van der Waals surface area (Å²) in [5.41, 5.74) is 2.12. The lowest BCUT2D eigenvalue weighted by Gasteiger charge is -2.11. The highest BCUT2D eigenvalue weighted by atomic mass is 35.5. The lowest BCUT2D eigenvalue weighted by molar-refractivity contribution is 0.628. The Morgan fingerprint density at radius 2 is 1.88 bits per heavy atom. The molecular weight excluding hydrogens is 359 g/mol. The summed E-state index contributed by atoms with van der Waals surface area (Å²) in [6.45, 7) is 1.90. The Morgan fingerprint density at radius 3 is 2.68 bits per heavy atom. The third kappa shape index (κ3) is 4.21. The van der Waals surface area contributed by atoms with E-state index in [-0.39, 0.29) is 5.82 Å². The molecule has 25 heavy (non-hydrogen) atoms. The van der Waals surface area contributed by atoms with Crippen molar-refractivity contribution >= 4 is 35.2 Å². The van der Waals surface area contributed by atoms with Crippen LogP contribution in [-0.4, -0.2) is 17.0 Å². The Kier molecular flexibility index (Phi) is 5.40. The SMILES string of the molecule is CNc1cccc(SNc2ccc(Cl)c(-c3cc(F)ccc3C)n2)n1. The molecule has 0 fully saturated rings. The van der Waals surface area contributed by atoms with Crippen molar-refractivity contribution in [3.63, 3.8) is 0 Å². The van der Waals surface area contributed by atoms with E-state index in [0.29, 0.717) is 22.1 Å². The van der Waals surface area contributed by atoms with Gasteiger partial charge in [-0.25, -0.2) is 14.4 Å². The predicted molar refractivity (Wildman–Crippen MR) is 103 cm³/mol. The Labute approximate surface area is 155 Å². The maximum Gasteiger partial charge on any atom is 0.136 e. The highest BCUT2D eigenvalue weighted by Crippen LogP contribution is 2.31. The van der Waals surface area contributed by atoms with Gasteiger partial charge in [-0.3, -0.25) is 0 Å². The molecule has 0 unspecified atom stereocenters. The molecule has 2 heterocycles. The summed E-state index contributed by atoms with van der Waals surface area (Å²) >= 11 is 7.61. The average molecular weight is 375 g/mol. The maximum atomic E-state index is 13.6. The van der Waals surface area contributed by atoms with Crippen LogP contribution in [0.5, 0.6) is 0 Å². The maximum absolute atomic E-state index is 13.6. The van der Waals surface area contributed by atoms with Crippen molar-refractivity contribution in [1.82, 2.24) is 9.97 Å². The van der Waals surface area contributed by atoms with E-state index in [0.717, 1.165) is 16.4 Å². The summed E-state index contributed by atoms with van der Waals surface area (Å²) in [7, 11) is 1.82. The Morgan fingerprint density at radius 1 is 1.04 bits per heavy atom. The van der Waals surface area contributed by atoms with E-state index in [1.807, 2.05) is 32.2 Å². The first-order valence-electron chi connectivity index (χ1n) is 7.57. The van der Waals surface area contributed by atoms with Crippen LogP contribution in [-0.2, 0) is 0 Å². The van der Waals surface area contributed by atoms with Gasteiger partial charge in [-0.15, -0.1) is 0 Å². The molecule has 2 N–H and O–H groups in total. The third-order valence-electron chi connectivity index (χ3n) is 3.54. The van der Waals surface area contributed by atoms with E-state index in [9.17, 15) is 4.39 Å².